The van der Waals surface area contributed by atoms with Crippen LogP contribution >= 0.6 is 0 Å². The van der Waals surface area contributed by atoms with E-state index >= 15 is 0 Å². The number of benzene rings is 1. The molecule has 7 nitrogen and oxygen atoms in total. The van der Waals surface area contributed by atoms with Crippen LogP contribution in [-0.2, 0) is 17.9 Å². The van der Waals surface area contributed by atoms with Crippen LogP contribution < -0.4 is 15.4 Å². The van der Waals surface area contributed by atoms with Crippen molar-refractivity contribution in [2.45, 2.75) is 13.1 Å². The Bertz CT molecular complexity index is 564. The van der Waals surface area contributed by atoms with E-state index in [0.29, 0.717) is 12.2 Å². The van der Waals surface area contributed by atoms with Gasteiger partial charge in [0, 0.05) is 12.2 Å². The second kappa shape index (κ2) is 6.67. The first-order valence-electron chi connectivity index (χ1n) is 6.19. The number of rotatable bonds is 6. The van der Waals surface area contributed by atoms with Crippen molar-refractivity contribution in [1.29, 1.82) is 0 Å². The van der Waals surface area contributed by atoms with Gasteiger partial charge in [-0.25, -0.2) is 4.68 Å². The quantitative estimate of drug-likeness (QED) is 0.809. The summed E-state index contributed by atoms with van der Waals surface area (Å²) < 4.78 is 6.56. The van der Waals surface area contributed by atoms with Crippen molar-refractivity contribution in [1.82, 2.24) is 20.3 Å². The minimum Gasteiger partial charge on any atom is -0.497 e. The van der Waals surface area contributed by atoms with Gasteiger partial charge in [0.2, 0.25) is 5.91 Å². The lowest BCUT2D eigenvalue weighted by atomic mass is 10.3. The van der Waals surface area contributed by atoms with Crippen LogP contribution in [0, 0.1) is 0 Å². The van der Waals surface area contributed by atoms with Crippen molar-refractivity contribution in [3.05, 3.63) is 36.2 Å². The van der Waals surface area contributed by atoms with E-state index in [1.165, 1.54) is 4.68 Å². The molecular formula is C13H17N5O2. The molecule has 1 amide bonds. The number of hydrogen-bond donors (Lipinski definition) is 2. The maximum atomic E-state index is 11.9. The number of anilines is 1. The summed E-state index contributed by atoms with van der Waals surface area (Å²) in [6.45, 7) is 0.753. The molecule has 0 saturated carbocycles. The smallest absolute Gasteiger partial charge is 0.246 e. The normalized spacial score (nSPS) is 10.3. The number of ether oxygens (including phenoxy) is 1. The Morgan fingerprint density at radius 2 is 2.10 bits per heavy atom. The topological polar surface area (TPSA) is 81.1 Å². The third-order valence-corrected chi connectivity index (χ3v) is 2.62. The zero-order valence-electron chi connectivity index (χ0n) is 11.5. The summed E-state index contributed by atoms with van der Waals surface area (Å²) in [6, 6.07) is 7.14. The molecule has 7 heteroatoms. The van der Waals surface area contributed by atoms with Gasteiger partial charge < -0.3 is 15.4 Å². The molecule has 0 aliphatic rings. The molecule has 106 valence electrons. The molecular weight excluding hydrogens is 258 g/mol. The first kappa shape index (κ1) is 14.0. The van der Waals surface area contributed by atoms with Gasteiger partial charge in [-0.2, -0.15) is 0 Å². The molecule has 2 aromatic rings. The first-order chi connectivity index (χ1) is 9.71. The summed E-state index contributed by atoms with van der Waals surface area (Å²) in [4.78, 5) is 11.9. The average Bonchev–Trinajstić information content (AvgIpc) is 2.87. The van der Waals surface area contributed by atoms with Crippen molar-refractivity contribution in [2.24, 2.45) is 0 Å². The summed E-state index contributed by atoms with van der Waals surface area (Å²) in [5.41, 5.74) is 1.51. The zero-order chi connectivity index (χ0) is 14.4. The SMILES string of the molecule is CNCc1cn(CC(=O)Nc2ccc(OC)cc2)nn1. The van der Waals surface area contributed by atoms with E-state index in [1.807, 2.05) is 7.05 Å². The standard InChI is InChI=1S/C13H17N5O2/c1-14-7-11-8-18(17-16-11)9-13(19)15-10-3-5-12(20-2)6-4-10/h3-6,8,14H,7,9H2,1-2H3,(H,15,19). The van der Waals surface area contributed by atoms with E-state index in [2.05, 4.69) is 20.9 Å². The van der Waals surface area contributed by atoms with E-state index in [4.69, 9.17) is 4.74 Å². The van der Waals surface area contributed by atoms with Gasteiger partial charge in [0.1, 0.15) is 12.3 Å². The van der Waals surface area contributed by atoms with Gasteiger partial charge in [0.25, 0.3) is 0 Å². The average molecular weight is 275 g/mol. The lowest BCUT2D eigenvalue weighted by Gasteiger charge is -2.06. The second-order valence-electron chi connectivity index (χ2n) is 4.21. The molecule has 2 N–H and O–H groups in total. The van der Waals surface area contributed by atoms with Gasteiger partial charge in [0.15, 0.2) is 0 Å². The van der Waals surface area contributed by atoms with Crippen LogP contribution in [0.3, 0.4) is 0 Å². The summed E-state index contributed by atoms with van der Waals surface area (Å²) in [7, 11) is 3.43. The Kier molecular flexibility index (Phi) is 4.67. The van der Waals surface area contributed by atoms with Crippen LogP contribution in [0.25, 0.3) is 0 Å². The van der Waals surface area contributed by atoms with E-state index in [1.54, 1.807) is 37.6 Å². The molecule has 0 aliphatic carbocycles. The zero-order valence-corrected chi connectivity index (χ0v) is 11.5. The molecule has 1 aromatic heterocycles. The molecule has 0 unspecified atom stereocenters. The van der Waals surface area contributed by atoms with Crippen LogP contribution in [0.2, 0.25) is 0 Å². The number of aromatic nitrogens is 3. The minimum atomic E-state index is -0.156. The Labute approximate surface area is 116 Å². The summed E-state index contributed by atoms with van der Waals surface area (Å²) >= 11 is 0. The van der Waals surface area contributed by atoms with E-state index in [9.17, 15) is 4.79 Å². The van der Waals surface area contributed by atoms with Crippen LogP contribution in [0.4, 0.5) is 5.69 Å². The summed E-state index contributed by atoms with van der Waals surface area (Å²) in [5.74, 6) is 0.590. The summed E-state index contributed by atoms with van der Waals surface area (Å²) in [6.07, 6.45) is 1.74. The van der Waals surface area contributed by atoms with Gasteiger partial charge in [-0.15, -0.1) is 5.10 Å². The van der Waals surface area contributed by atoms with Crippen molar-refractivity contribution in [3.8, 4) is 5.75 Å². The Morgan fingerprint density at radius 3 is 2.75 bits per heavy atom. The number of nitrogens with one attached hydrogen (secondary N) is 2. The fraction of sp³-hybridized carbons (Fsp3) is 0.308. The van der Waals surface area contributed by atoms with Gasteiger partial charge in [0.05, 0.1) is 19.0 Å². The lowest BCUT2D eigenvalue weighted by molar-refractivity contribution is -0.116. The highest BCUT2D eigenvalue weighted by Crippen LogP contribution is 2.14. The van der Waals surface area contributed by atoms with Gasteiger partial charge in [-0.1, -0.05) is 5.21 Å². The molecule has 1 aromatic carbocycles. The van der Waals surface area contributed by atoms with E-state index in [-0.39, 0.29) is 12.5 Å². The van der Waals surface area contributed by atoms with E-state index < -0.39 is 0 Å². The predicted molar refractivity (Wildman–Crippen MR) is 74.4 cm³/mol. The van der Waals surface area contributed by atoms with Gasteiger partial charge in [-0.3, -0.25) is 4.79 Å². The molecule has 0 spiro atoms. The highest BCUT2D eigenvalue weighted by atomic mass is 16.5. The van der Waals surface area contributed by atoms with Crippen LogP contribution in [-0.4, -0.2) is 35.1 Å². The predicted octanol–water partition coefficient (Wildman–Crippen LogP) is 0.645. The largest absolute Gasteiger partial charge is 0.497 e. The number of hydrogen-bond acceptors (Lipinski definition) is 5. The van der Waals surface area contributed by atoms with Crippen molar-refractivity contribution in [3.63, 3.8) is 0 Å². The third kappa shape index (κ3) is 3.79. The molecule has 0 radical (unpaired) electrons. The fourth-order valence-electron chi connectivity index (χ4n) is 1.70. The van der Waals surface area contributed by atoms with Gasteiger partial charge in [-0.05, 0) is 31.3 Å². The highest BCUT2D eigenvalue weighted by molar-refractivity contribution is 5.90. The molecule has 2 rings (SSSR count). The van der Waals surface area contributed by atoms with Crippen molar-refractivity contribution >= 4 is 11.6 Å². The van der Waals surface area contributed by atoms with Gasteiger partial charge >= 0.3 is 0 Å². The Hall–Kier alpha value is -2.41. The number of carbonyl (C=O) groups excluding carboxylic acids is 1. The maximum Gasteiger partial charge on any atom is 0.246 e. The van der Waals surface area contributed by atoms with E-state index in [0.717, 1.165) is 11.4 Å². The fourth-order valence-corrected chi connectivity index (χ4v) is 1.70. The summed E-state index contributed by atoms with van der Waals surface area (Å²) in [5, 5.41) is 13.6. The molecule has 20 heavy (non-hydrogen) atoms. The molecule has 0 atom stereocenters. The maximum absolute atomic E-state index is 11.9. The highest BCUT2D eigenvalue weighted by Gasteiger charge is 2.06. The molecule has 1 heterocycles. The molecule has 0 aliphatic heterocycles. The molecule has 0 bridgehead atoms. The Morgan fingerprint density at radius 1 is 1.35 bits per heavy atom. The lowest BCUT2D eigenvalue weighted by Crippen LogP contribution is -2.19. The van der Waals surface area contributed by atoms with Crippen LogP contribution in [0.15, 0.2) is 30.5 Å². The van der Waals surface area contributed by atoms with Crippen molar-refractivity contribution in [2.75, 3.05) is 19.5 Å². The number of methoxy groups -OCH3 is 1. The number of nitrogens with zero attached hydrogens (tertiary/aromatic N) is 3. The number of carbonyl (C=O) groups is 1. The monoisotopic (exact) mass is 275 g/mol. The third-order valence-electron chi connectivity index (χ3n) is 2.62. The second-order valence-corrected chi connectivity index (χ2v) is 4.21. The van der Waals surface area contributed by atoms with Crippen LogP contribution in [0.5, 0.6) is 5.75 Å². The molecule has 0 saturated heterocycles. The minimum absolute atomic E-state index is 0.128. The van der Waals surface area contributed by atoms with Crippen molar-refractivity contribution < 1.29 is 9.53 Å². The first-order valence-corrected chi connectivity index (χ1v) is 6.19. The Balaban J connectivity index is 1.90. The number of amides is 1. The molecule has 0 fully saturated rings. The van der Waals surface area contributed by atoms with Crippen LogP contribution in [0.1, 0.15) is 5.69 Å².